The van der Waals surface area contributed by atoms with Gasteiger partial charge in [0, 0.05) is 17.8 Å². The maximum atomic E-state index is 11.8. The van der Waals surface area contributed by atoms with Crippen LogP contribution in [0.4, 0.5) is 0 Å². The second-order valence-corrected chi connectivity index (χ2v) is 5.07. The van der Waals surface area contributed by atoms with Crippen LogP contribution in [0.3, 0.4) is 0 Å². The predicted octanol–water partition coefficient (Wildman–Crippen LogP) is 2.48. The van der Waals surface area contributed by atoms with Gasteiger partial charge < -0.3 is 10.1 Å². The first-order valence-corrected chi connectivity index (χ1v) is 7.38. The number of hydrogen-bond donors (Lipinski definition) is 1. The summed E-state index contributed by atoms with van der Waals surface area (Å²) in [5.74, 6) is 0.475. The zero-order valence-electron chi connectivity index (χ0n) is 9.84. The smallest absolute Gasteiger partial charge is 0.223 e. The van der Waals surface area contributed by atoms with E-state index in [-0.39, 0.29) is 11.8 Å². The normalized spacial score (nSPS) is 18.1. The van der Waals surface area contributed by atoms with Crippen molar-refractivity contribution in [2.45, 2.75) is 38.5 Å². The average Bonchev–Trinajstić information content (AvgIpc) is 2.57. The van der Waals surface area contributed by atoms with Gasteiger partial charge in [0.15, 0.2) is 0 Å². The SMILES string of the molecule is O=C(NCCOCCBr)C1CCCCCC1. The third kappa shape index (κ3) is 5.85. The van der Waals surface area contributed by atoms with Crippen LogP contribution in [0.25, 0.3) is 0 Å². The van der Waals surface area contributed by atoms with Gasteiger partial charge in [0.1, 0.15) is 0 Å². The Morgan fingerprint density at radius 3 is 2.50 bits per heavy atom. The summed E-state index contributed by atoms with van der Waals surface area (Å²) >= 11 is 3.29. The van der Waals surface area contributed by atoms with Crippen molar-refractivity contribution < 1.29 is 9.53 Å². The van der Waals surface area contributed by atoms with Crippen LogP contribution in [0.5, 0.6) is 0 Å². The monoisotopic (exact) mass is 291 g/mol. The second-order valence-electron chi connectivity index (χ2n) is 4.28. The fraction of sp³-hybridized carbons (Fsp3) is 0.917. The first-order chi connectivity index (χ1) is 7.84. The Balaban J connectivity index is 2.08. The van der Waals surface area contributed by atoms with Gasteiger partial charge >= 0.3 is 0 Å². The molecule has 1 N–H and O–H groups in total. The highest BCUT2D eigenvalue weighted by Crippen LogP contribution is 2.22. The standard InChI is InChI=1S/C12H22BrNO2/c13-7-9-16-10-8-14-12(15)11-5-3-1-2-4-6-11/h11H,1-10H2,(H,14,15). The first kappa shape index (κ1) is 14.0. The van der Waals surface area contributed by atoms with Crippen LogP contribution in [0, 0.1) is 5.92 Å². The minimum Gasteiger partial charge on any atom is -0.379 e. The highest BCUT2D eigenvalue weighted by atomic mass is 79.9. The molecule has 0 atom stereocenters. The number of alkyl halides is 1. The maximum absolute atomic E-state index is 11.8. The summed E-state index contributed by atoms with van der Waals surface area (Å²) in [6.45, 7) is 1.96. The quantitative estimate of drug-likeness (QED) is 0.464. The van der Waals surface area contributed by atoms with Gasteiger partial charge in [0.05, 0.1) is 13.2 Å². The molecule has 1 rings (SSSR count). The Morgan fingerprint density at radius 1 is 1.19 bits per heavy atom. The molecular weight excluding hydrogens is 270 g/mol. The number of halogens is 1. The molecule has 94 valence electrons. The summed E-state index contributed by atoms with van der Waals surface area (Å²) in [5.41, 5.74) is 0. The van der Waals surface area contributed by atoms with Crippen molar-refractivity contribution in [2.75, 3.05) is 25.1 Å². The summed E-state index contributed by atoms with van der Waals surface area (Å²) in [4.78, 5) is 11.8. The average molecular weight is 292 g/mol. The number of nitrogens with one attached hydrogen (secondary N) is 1. The molecule has 0 saturated heterocycles. The molecule has 0 aromatic heterocycles. The number of ether oxygens (including phenoxy) is 1. The Morgan fingerprint density at radius 2 is 1.88 bits per heavy atom. The van der Waals surface area contributed by atoms with E-state index in [0.29, 0.717) is 19.8 Å². The van der Waals surface area contributed by atoms with Crippen LogP contribution in [-0.2, 0) is 9.53 Å². The minimum absolute atomic E-state index is 0.226. The van der Waals surface area contributed by atoms with Crippen molar-refractivity contribution >= 4 is 21.8 Å². The third-order valence-corrected chi connectivity index (χ3v) is 3.32. The number of rotatable bonds is 6. The van der Waals surface area contributed by atoms with Gasteiger partial charge in [-0.3, -0.25) is 4.79 Å². The van der Waals surface area contributed by atoms with E-state index in [1.807, 2.05) is 0 Å². The molecule has 0 spiro atoms. The molecule has 0 heterocycles. The lowest BCUT2D eigenvalue weighted by Gasteiger charge is -2.13. The topological polar surface area (TPSA) is 38.3 Å². The predicted molar refractivity (Wildman–Crippen MR) is 68.8 cm³/mol. The lowest BCUT2D eigenvalue weighted by atomic mass is 10.00. The molecule has 16 heavy (non-hydrogen) atoms. The van der Waals surface area contributed by atoms with Crippen LogP contribution < -0.4 is 5.32 Å². The summed E-state index contributed by atoms with van der Waals surface area (Å²) < 4.78 is 5.28. The number of carbonyl (C=O) groups is 1. The molecule has 0 bridgehead atoms. The van der Waals surface area contributed by atoms with Crippen molar-refractivity contribution in [1.29, 1.82) is 0 Å². The summed E-state index contributed by atoms with van der Waals surface area (Å²) in [5, 5.41) is 3.81. The minimum atomic E-state index is 0.226. The Labute approximate surface area is 106 Å². The fourth-order valence-electron chi connectivity index (χ4n) is 2.09. The number of hydrogen-bond acceptors (Lipinski definition) is 2. The van der Waals surface area contributed by atoms with Gasteiger partial charge in [-0.05, 0) is 12.8 Å². The summed E-state index contributed by atoms with van der Waals surface area (Å²) in [6.07, 6.45) is 7.12. The van der Waals surface area contributed by atoms with E-state index < -0.39 is 0 Å². The molecular formula is C12H22BrNO2. The Hall–Kier alpha value is -0.0900. The molecule has 0 radical (unpaired) electrons. The molecule has 1 aliphatic rings. The molecule has 0 aromatic rings. The van der Waals surface area contributed by atoms with Crippen LogP contribution in [0.1, 0.15) is 38.5 Å². The number of carbonyl (C=O) groups excluding carboxylic acids is 1. The van der Waals surface area contributed by atoms with Gasteiger partial charge in [-0.15, -0.1) is 0 Å². The van der Waals surface area contributed by atoms with Crippen LogP contribution >= 0.6 is 15.9 Å². The largest absolute Gasteiger partial charge is 0.379 e. The van der Waals surface area contributed by atoms with Crippen molar-refractivity contribution in [3.05, 3.63) is 0 Å². The molecule has 1 saturated carbocycles. The molecule has 0 aromatic carbocycles. The van der Waals surface area contributed by atoms with Gasteiger partial charge in [-0.1, -0.05) is 41.6 Å². The van der Waals surface area contributed by atoms with Gasteiger partial charge in [-0.25, -0.2) is 0 Å². The van der Waals surface area contributed by atoms with Gasteiger partial charge in [-0.2, -0.15) is 0 Å². The van der Waals surface area contributed by atoms with Crippen molar-refractivity contribution in [3.63, 3.8) is 0 Å². The summed E-state index contributed by atoms with van der Waals surface area (Å²) in [7, 11) is 0. The lowest BCUT2D eigenvalue weighted by molar-refractivity contribution is -0.125. The lowest BCUT2D eigenvalue weighted by Crippen LogP contribution is -2.33. The van der Waals surface area contributed by atoms with Gasteiger partial charge in [0.2, 0.25) is 5.91 Å². The molecule has 1 aliphatic carbocycles. The maximum Gasteiger partial charge on any atom is 0.223 e. The highest BCUT2D eigenvalue weighted by Gasteiger charge is 2.19. The van der Waals surface area contributed by atoms with Crippen LogP contribution in [0.15, 0.2) is 0 Å². The number of amides is 1. The van der Waals surface area contributed by atoms with E-state index in [9.17, 15) is 4.79 Å². The molecule has 4 heteroatoms. The molecule has 3 nitrogen and oxygen atoms in total. The van der Waals surface area contributed by atoms with Crippen molar-refractivity contribution in [3.8, 4) is 0 Å². The highest BCUT2D eigenvalue weighted by molar-refractivity contribution is 9.09. The van der Waals surface area contributed by atoms with Crippen molar-refractivity contribution in [2.24, 2.45) is 5.92 Å². The first-order valence-electron chi connectivity index (χ1n) is 6.26. The Bertz CT molecular complexity index is 191. The third-order valence-electron chi connectivity index (χ3n) is 2.99. The second kappa shape index (κ2) is 8.99. The van der Waals surface area contributed by atoms with Crippen LogP contribution in [0.2, 0.25) is 0 Å². The van der Waals surface area contributed by atoms with Crippen molar-refractivity contribution in [1.82, 2.24) is 5.32 Å². The fourth-order valence-corrected chi connectivity index (χ4v) is 2.32. The molecule has 0 unspecified atom stereocenters. The van der Waals surface area contributed by atoms with Crippen LogP contribution in [-0.4, -0.2) is 31.0 Å². The van der Waals surface area contributed by atoms with E-state index in [1.54, 1.807) is 0 Å². The van der Waals surface area contributed by atoms with E-state index in [2.05, 4.69) is 21.2 Å². The zero-order valence-corrected chi connectivity index (χ0v) is 11.4. The summed E-state index contributed by atoms with van der Waals surface area (Å²) in [6, 6.07) is 0. The molecule has 0 aliphatic heterocycles. The molecule has 1 fully saturated rings. The van der Waals surface area contributed by atoms with E-state index in [4.69, 9.17) is 4.74 Å². The Kier molecular flexibility index (Phi) is 7.85. The van der Waals surface area contributed by atoms with E-state index >= 15 is 0 Å². The van der Waals surface area contributed by atoms with E-state index in [1.165, 1.54) is 25.7 Å². The molecule has 1 amide bonds. The van der Waals surface area contributed by atoms with Gasteiger partial charge in [0.25, 0.3) is 0 Å². The van der Waals surface area contributed by atoms with E-state index in [0.717, 1.165) is 18.2 Å². The zero-order chi connectivity index (χ0) is 11.6.